The number of carbonyl (C=O) groups is 1. The fourth-order valence-electron chi connectivity index (χ4n) is 9.93. The van der Waals surface area contributed by atoms with Gasteiger partial charge in [0.1, 0.15) is 36.1 Å². The van der Waals surface area contributed by atoms with Crippen LogP contribution in [0.4, 0.5) is 0 Å². The van der Waals surface area contributed by atoms with Crippen LogP contribution in [0.5, 0.6) is 0 Å². The van der Waals surface area contributed by atoms with E-state index in [1.165, 1.54) is 19.9 Å². The van der Waals surface area contributed by atoms with Gasteiger partial charge in [0.15, 0.2) is 12.1 Å². The molecule has 270 valence electrons. The Labute approximate surface area is 274 Å². The van der Waals surface area contributed by atoms with Gasteiger partial charge in [0.05, 0.1) is 41.7 Å². The third-order valence-electron chi connectivity index (χ3n) is 13.0. The van der Waals surface area contributed by atoms with Crippen LogP contribution in [0.2, 0.25) is 0 Å². The van der Waals surface area contributed by atoms with E-state index >= 15 is 0 Å². The second-order valence-electron chi connectivity index (χ2n) is 16.1. The molecule has 0 aromatic heterocycles. The van der Waals surface area contributed by atoms with Crippen LogP contribution in [0.15, 0.2) is 11.6 Å². The van der Waals surface area contributed by atoms with E-state index < -0.39 is 119 Å². The molecule has 0 radical (unpaired) electrons. The minimum Gasteiger partial charge on any atom is -0.394 e. The second kappa shape index (κ2) is 12.0. The van der Waals surface area contributed by atoms with Crippen LogP contribution in [0.3, 0.4) is 0 Å². The van der Waals surface area contributed by atoms with Gasteiger partial charge in [0.25, 0.3) is 0 Å². The van der Waals surface area contributed by atoms with Crippen LogP contribution in [0, 0.1) is 22.7 Å². The Kier molecular flexibility index (Phi) is 9.49. The first-order valence-corrected chi connectivity index (χ1v) is 16.7. The van der Waals surface area contributed by atoms with Crippen molar-refractivity contribution in [2.24, 2.45) is 22.7 Å². The van der Waals surface area contributed by atoms with Crippen LogP contribution in [-0.4, -0.2) is 146 Å². The summed E-state index contributed by atoms with van der Waals surface area (Å²) in [5.41, 5.74) is -9.14. The highest BCUT2D eigenvalue weighted by Gasteiger charge is 2.75. The topological polar surface area (TPSA) is 258 Å². The van der Waals surface area contributed by atoms with Crippen molar-refractivity contribution in [1.29, 1.82) is 0 Å². The number of fused-ring (bicyclic) bond motifs is 5. The standard InChI is InChI=1S/C33H54O14/c1-28(2,43)9-8-20(36)31(5,44)19-7-11-32(45)16-12-21(37)33(47-27-25(41)24(40)23(39)18(14-34)46-27)13-17(35)22(38)26(42)30(33,4)15(16)6-10-29(19,32)3/h12,15,17-20,22-27,34-36,38-45H,6-11,13-14H2,1-5H3/t15?,17-,18-,19?,20-,22-,23-,24+,25-,26+,27+,29-,30+,31-,32-,33-/m1/s1. The van der Waals surface area contributed by atoms with E-state index in [2.05, 4.69) is 0 Å². The predicted molar refractivity (Wildman–Crippen MR) is 162 cm³/mol. The molecule has 1 heterocycles. The number of ether oxygens (including phenoxy) is 2. The summed E-state index contributed by atoms with van der Waals surface area (Å²) < 4.78 is 11.8. The first-order chi connectivity index (χ1) is 21.5. The molecule has 1 saturated heterocycles. The minimum absolute atomic E-state index is 0.105. The SMILES string of the molecule is CC(C)(O)CC[C@@H](O)[C@](C)(O)C1CC[C@@]2(O)C3=CC(=O)[C@]4(O[C@@H]5O[C@H](CO)[C@@H](O)[C@H](O)[C@H]5O)C[C@@H](O)[C@@H](O)[C@H](O)[C@]4(C)C3CC[C@]12C. The molecule has 4 aliphatic carbocycles. The van der Waals surface area contributed by atoms with E-state index in [0.717, 1.165) is 0 Å². The average Bonchev–Trinajstić information content (AvgIpc) is 3.28. The van der Waals surface area contributed by atoms with E-state index in [4.69, 9.17) is 9.47 Å². The van der Waals surface area contributed by atoms with E-state index in [0.29, 0.717) is 0 Å². The van der Waals surface area contributed by atoms with Gasteiger partial charge in [0.2, 0.25) is 0 Å². The van der Waals surface area contributed by atoms with Crippen molar-refractivity contribution in [3.63, 3.8) is 0 Å². The van der Waals surface area contributed by atoms with Gasteiger partial charge in [-0.25, -0.2) is 0 Å². The molecular formula is C33H54O14. The highest BCUT2D eigenvalue weighted by atomic mass is 16.7. The van der Waals surface area contributed by atoms with Crippen molar-refractivity contribution >= 4 is 5.78 Å². The number of aliphatic hydroxyl groups excluding tert-OH is 8. The molecule has 16 atom stereocenters. The monoisotopic (exact) mass is 674 g/mol. The number of hydrogen-bond donors (Lipinski definition) is 11. The van der Waals surface area contributed by atoms with Crippen LogP contribution in [0.25, 0.3) is 0 Å². The minimum atomic E-state index is -2.16. The zero-order valence-electron chi connectivity index (χ0n) is 27.7. The van der Waals surface area contributed by atoms with Gasteiger partial charge in [-0.1, -0.05) is 13.8 Å². The Hall–Kier alpha value is -1.11. The molecule has 3 saturated carbocycles. The van der Waals surface area contributed by atoms with E-state index in [-0.39, 0.29) is 44.1 Å². The summed E-state index contributed by atoms with van der Waals surface area (Å²) >= 11 is 0. The molecule has 1 aliphatic heterocycles. The van der Waals surface area contributed by atoms with Crippen molar-refractivity contribution in [3.8, 4) is 0 Å². The summed E-state index contributed by atoms with van der Waals surface area (Å²) in [6.45, 7) is 7.27. The molecule has 14 heteroatoms. The number of carbonyl (C=O) groups excluding carboxylic acids is 1. The van der Waals surface area contributed by atoms with Gasteiger partial charge in [-0.15, -0.1) is 0 Å². The normalized spacial score (nSPS) is 50.6. The maximum absolute atomic E-state index is 14.5. The third kappa shape index (κ3) is 5.29. The van der Waals surface area contributed by atoms with Crippen molar-refractivity contribution in [3.05, 3.63) is 11.6 Å². The highest BCUT2D eigenvalue weighted by molar-refractivity contribution is 6.00. The van der Waals surface area contributed by atoms with E-state index in [1.54, 1.807) is 20.8 Å². The van der Waals surface area contributed by atoms with Gasteiger partial charge >= 0.3 is 0 Å². The largest absolute Gasteiger partial charge is 0.394 e. The molecule has 4 fully saturated rings. The smallest absolute Gasteiger partial charge is 0.188 e. The Bertz CT molecular complexity index is 1230. The van der Waals surface area contributed by atoms with Gasteiger partial charge in [-0.3, -0.25) is 4.79 Å². The molecule has 0 bridgehead atoms. The molecule has 47 heavy (non-hydrogen) atoms. The molecule has 14 nitrogen and oxygen atoms in total. The molecule has 5 rings (SSSR count). The zero-order chi connectivity index (χ0) is 35.3. The summed E-state index contributed by atoms with van der Waals surface area (Å²) in [6, 6.07) is 0. The molecule has 0 amide bonds. The van der Waals surface area contributed by atoms with Gasteiger partial charge in [-0.2, -0.15) is 0 Å². The average molecular weight is 675 g/mol. The first kappa shape index (κ1) is 37.2. The zero-order valence-corrected chi connectivity index (χ0v) is 27.7. The molecule has 11 N–H and O–H groups in total. The fraction of sp³-hybridized carbons (Fsp3) is 0.909. The summed E-state index contributed by atoms with van der Waals surface area (Å²) in [5.74, 6) is -2.27. The van der Waals surface area contributed by atoms with Crippen LogP contribution in [0.1, 0.15) is 79.6 Å². The van der Waals surface area contributed by atoms with Gasteiger partial charge in [0, 0.05) is 17.3 Å². The molecule has 2 unspecified atom stereocenters. The predicted octanol–water partition coefficient (Wildman–Crippen LogP) is -2.24. The van der Waals surface area contributed by atoms with E-state index in [1.807, 2.05) is 0 Å². The lowest BCUT2D eigenvalue weighted by molar-refractivity contribution is -0.356. The lowest BCUT2D eigenvalue weighted by Crippen LogP contribution is -2.76. The number of rotatable bonds is 8. The van der Waals surface area contributed by atoms with Crippen molar-refractivity contribution in [2.75, 3.05) is 6.61 Å². The lowest BCUT2D eigenvalue weighted by Gasteiger charge is -2.65. The van der Waals surface area contributed by atoms with Gasteiger partial charge < -0.3 is 65.6 Å². The lowest BCUT2D eigenvalue weighted by atomic mass is 9.43. The molecule has 0 aromatic carbocycles. The number of ketones is 1. The van der Waals surface area contributed by atoms with Gasteiger partial charge in [-0.05, 0) is 82.8 Å². The Morgan fingerprint density at radius 1 is 0.979 bits per heavy atom. The molecule has 5 aliphatic rings. The molecular weight excluding hydrogens is 620 g/mol. The van der Waals surface area contributed by atoms with Crippen LogP contribution < -0.4 is 0 Å². The molecule has 0 aromatic rings. The summed E-state index contributed by atoms with van der Waals surface area (Å²) in [6.07, 6.45) is -13.1. The Morgan fingerprint density at radius 3 is 2.21 bits per heavy atom. The second-order valence-corrected chi connectivity index (χ2v) is 16.1. The van der Waals surface area contributed by atoms with Crippen molar-refractivity contribution < 1.29 is 70.4 Å². The Morgan fingerprint density at radius 2 is 1.62 bits per heavy atom. The Balaban J connectivity index is 1.56. The third-order valence-corrected chi connectivity index (χ3v) is 13.0. The summed E-state index contributed by atoms with van der Waals surface area (Å²) in [5, 5.41) is 121. The number of aliphatic hydroxyl groups is 11. The van der Waals surface area contributed by atoms with E-state index in [9.17, 15) is 61.0 Å². The van der Waals surface area contributed by atoms with Crippen LogP contribution in [-0.2, 0) is 14.3 Å². The molecule has 0 spiro atoms. The fourth-order valence-corrected chi connectivity index (χ4v) is 9.93. The number of hydrogen-bond acceptors (Lipinski definition) is 14. The maximum atomic E-state index is 14.5. The van der Waals surface area contributed by atoms with Crippen molar-refractivity contribution in [2.45, 2.75) is 157 Å². The first-order valence-electron chi connectivity index (χ1n) is 16.7. The summed E-state index contributed by atoms with van der Waals surface area (Å²) in [4.78, 5) is 14.5. The maximum Gasteiger partial charge on any atom is 0.188 e. The highest BCUT2D eigenvalue weighted by Crippen LogP contribution is 2.70. The van der Waals surface area contributed by atoms with Crippen LogP contribution >= 0.6 is 0 Å². The quantitative estimate of drug-likeness (QED) is 0.130. The summed E-state index contributed by atoms with van der Waals surface area (Å²) in [7, 11) is 0. The van der Waals surface area contributed by atoms with Crippen molar-refractivity contribution in [1.82, 2.24) is 0 Å².